The number of aromatic nitrogens is 2. The van der Waals surface area contributed by atoms with Crippen molar-refractivity contribution in [1.82, 2.24) is 9.97 Å². The summed E-state index contributed by atoms with van der Waals surface area (Å²) in [5.41, 5.74) is 4.81. The number of nitrogens with one attached hydrogen (secondary N) is 1. The summed E-state index contributed by atoms with van der Waals surface area (Å²) in [6.07, 6.45) is 1.81. The highest BCUT2D eigenvalue weighted by Crippen LogP contribution is 2.31. The molecular formula is C20H17N3O. The van der Waals surface area contributed by atoms with Crippen LogP contribution in [0.1, 0.15) is 5.69 Å². The Kier molecular flexibility index (Phi) is 3.50. The van der Waals surface area contributed by atoms with Crippen molar-refractivity contribution in [2.24, 2.45) is 0 Å². The molecule has 0 aliphatic heterocycles. The van der Waals surface area contributed by atoms with Gasteiger partial charge in [0.15, 0.2) is 0 Å². The molecule has 2 aromatic carbocycles. The van der Waals surface area contributed by atoms with Gasteiger partial charge in [-0.3, -0.25) is 9.97 Å². The van der Waals surface area contributed by atoms with Gasteiger partial charge in [0.2, 0.25) is 0 Å². The van der Waals surface area contributed by atoms with E-state index in [-0.39, 0.29) is 0 Å². The van der Waals surface area contributed by atoms with Crippen LogP contribution < -0.4 is 10.1 Å². The number of ether oxygens (including phenoxy) is 1. The van der Waals surface area contributed by atoms with Gasteiger partial charge in [0.05, 0.1) is 23.8 Å². The molecule has 0 fully saturated rings. The lowest BCUT2D eigenvalue weighted by atomic mass is 10.1. The number of hydrogen-bond donors (Lipinski definition) is 1. The number of aryl methyl sites for hydroxylation is 1. The van der Waals surface area contributed by atoms with E-state index in [1.807, 2.05) is 49.5 Å². The van der Waals surface area contributed by atoms with Crippen LogP contribution in [0.4, 0.5) is 11.4 Å². The lowest BCUT2D eigenvalue weighted by Gasteiger charge is -2.13. The summed E-state index contributed by atoms with van der Waals surface area (Å²) in [6, 6.07) is 18.1. The van der Waals surface area contributed by atoms with Crippen LogP contribution in [0.25, 0.3) is 21.8 Å². The van der Waals surface area contributed by atoms with Crippen LogP contribution >= 0.6 is 0 Å². The molecule has 4 rings (SSSR count). The van der Waals surface area contributed by atoms with E-state index in [0.29, 0.717) is 0 Å². The third-order valence-corrected chi connectivity index (χ3v) is 4.05. The summed E-state index contributed by atoms with van der Waals surface area (Å²) in [7, 11) is 1.66. The first-order valence-electron chi connectivity index (χ1n) is 7.81. The minimum absolute atomic E-state index is 0.804. The van der Waals surface area contributed by atoms with Crippen molar-refractivity contribution in [2.45, 2.75) is 6.92 Å². The Labute approximate surface area is 140 Å². The smallest absolute Gasteiger partial charge is 0.121 e. The molecule has 4 heteroatoms. The van der Waals surface area contributed by atoms with Crippen LogP contribution in [0.5, 0.6) is 5.75 Å². The highest BCUT2D eigenvalue weighted by molar-refractivity contribution is 5.98. The topological polar surface area (TPSA) is 47.0 Å². The summed E-state index contributed by atoms with van der Waals surface area (Å²) in [6.45, 7) is 1.99. The molecule has 118 valence electrons. The maximum atomic E-state index is 5.31. The Morgan fingerprint density at radius 2 is 1.83 bits per heavy atom. The average molecular weight is 315 g/mol. The molecule has 0 atom stereocenters. The Morgan fingerprint density at radius 1 is 0.958 bits per heavy atom. The van der Waals surface area contributed by atoms with E-state index in [4.69, 9.17) is 4.74 Å². The molecule has 1 N–H and O–H groups in total. The fourth-order valence-electron chi connectivity index (χ4n) is 2.92. The van der Waals surface area contributed by atoms with Crippen LogP contribution in [0.3, 0.4) is 0 Å². The normalized spacial score (nSPS) is 10.9. The van der Waals surface area contributed by atoms with Gasteiger partial charge in [-0.2, -0.15) is 0 Å². The molecule has 0 saturated carbocycles. The Balaban J connectivity index is 1.87. The maximum absolute atomic E-state index is 5.31. The maximum Gasteiger partial charge on any atom is 0.121 e. The number of hydrogen-bond acceptors (Lipinski definition) is 4. The van der Waals surface area contributed by atoms with Crippen LogP contribution in [-0.4, -0.2) is 17.1 Å². The highest BCUT2D eigenvalue weighted by atomic mass is 16.5. The lowest BCUT2D eigenvalue weighted by molar-refractivity contribution is 0.415. The van der Waals surface area contributed by atoms with E-state index in [1.54, 1.807) is 7.11 Å². The van der Waals surface area contributed by atoms with Gasteiger partial charge in [-0.05, 0) is 37.3 Å². The lowest BCUT2D eigenvalue weighted by Crippen LogP contribution is -1.96. The summed E-state index contributed by atoms with van der Waals surface area (Å²) in [5.74, 6) is 0.804. The first-order valence-corrected chi connectivity index (χ1v) is 7.81. The zero-order chi connectivity index (χ0) is 16.5. The van der Waals surface area contributed by atoms with Crippen molar-refractivity contribution in [3.8, 4) is 5.75 Å². The highest BCUT2D eigenvalue weighted by Gasteiger charge is 2.08. The molecule has 4 nitrogen and oxygen atoms in total. The summed E-state index contributed by atoms with van der Waals surface area (Å²) in [5, 5.41) is 5.69. The van der Waals surface area contributed by atoms with Crippen molar-refractivity contribution in [1.29, 1.82) is 0 Å². The van der Waals surface area contributed by atoms with E-state index < -0.39 is 0 Å². The Hall–Kier alpha value is -3.14. The monoisotopic (exact) mass is 315 g/mol. The van der Waals surface area contributed by atoms with E-state index in [0.717, 1.165) is 44.6 Å². The van der Waals surface area contributed by atoms with Crippen LogP contribution in [-0.2, 0) is 0 Å². The number of fused-ring (bicyclic) bond motifs is 2. The molecule has 24 heavy (non-hydrogen) atoms. The molecule has 0 unspecified atom stereocenters. The van der Waals surface area contributed by atoms with Gasteiger partial charge < -0.3 is 10.1 Å². The second-order valence-corrected chi connectivity index (χ2v) is 5.70. The molecule has 0 bridgehead atoms. The standard InChI is InChI=1S/C20H17N3O/c1-13-11-18(16-9-8-15(24-2)12-19(16)22-13)23-17-7-3-5-14-6-4-10-21-20(14)17/h3-12H,1-2H3,(H,22,23). The molecule has 2 aromatic heterocycles. The van der Waals surface area contributed by atoms with E-state index in [1.165, 1.54) is 0 Å². The second kappa shape index (κ2) is 5.81. The Morgan fingerprint density at radius 3 is 2.71 bits per heavy atom. The fraction of sp³-hybridized carbons (Fsp3) is 0.100. The molecule has 4 aromatic rings. The number of methoxy groups -OCH3 is 1. The molecule has 2 heterocycles. The predicted octanol–water partition coefficient (Wildman–Crippen LogP) is 4.84. The molecular weight excluding hydrogens is 298 g/mol. The van der Waals surface area contributed by atoms with Gasteiger partial charge in [0.25, 0.3) is 0 Å². The zero-order valence-corrected chi connectivity index (χ0v) is 13.6. The van der Waals surface area contributed by atoms with Crippen LogP contribution in [0, 0.1) is 6.92 Å². The van der Waals surface area contributed by atoms with Crippen LogP contribution in [0.2, 0.25) is 0 Å². The second-order valence-electron chi connectivity index (χ2n) is 5.70. The van der Waals surface area contributed by atoms with Crippen molar-refractivity contribution in [2.75, 3.05) is 12.4 Å². The van der Waals surface area contributed by atoms with E-state index >= 15 is 0 Å². The summed E-state index contributed by atoms with van der Waals surface area (Å²) < 4.78 is 5.31. The molecule has 0 radical (unpaired) electrons. The van der Waals surface area contributed by atoms with Crippen molar-refractivity contribution in [3.63, 3.8) is 0 Å². The minimum Gasteiger partial charge on any atom is -0.497 e. The first-order chi connectivity index (χ1) is 11.7. The number of para-hydroxylation sites is 1. The fourth-order valence-corrected chi connectivity index (χ4v) is 2.92. The first kappa shape index (κ1) is 14.5. The number of anilines is 2. The molecule has 0 saturated heterocycles. The summed E-state index contributed by atoms with van der Waals surface area (Å²) in [4.78, 5) is 9.12. The van der Waals surface area contributed by atoms with E-state index in [9.17, 15) is 0 Å². The number of pyridine rings is 2. The van der Waals surface area contributed by atoms with Crippen molar-refractivity contribution in [3.05, 3.63) is 66.5 Å². The van der Waals surface area contributed by atoms with Gasteiger partial charge in [-0.15, -0.1) is 0 Å². The largest absolute Gasteiger partial charge is 0.497 e. The van der Waals surface area contributed by atoms with Gasteiger partial charge in [-0.25, -0.2) is 0 Å². The van der Waals surface area contributed by atoms with Gasteiger partial charge in [-0.1, -0.05) is 18.2 Å². The van der Waals surface area contributed by atoms with Crippen LogP contribution in [0.15, 0.2) is 60.8 Å². The third-order valence-electron chi connectivity index (χ3n) is 4.05. The molecule has 0 amide bonds. The van der Waals surface area contributed by atoms with Crippen molar-refractivity contribution >= 4 is 33.2 Å². The predicted molar refractivity (Wildman–Crippen MR) is 98.1 cm³/mol. The van der Waals surface area contributed by atoms with E-state index in [2.05, 4.69) is 33.5 Å². The molecule has 0 aliphatic carbocycles. The molecule has 0 spiro atoms. The van der Waals surface area contributed by atoms with Crippen molar-refractivity contribution < 1.29 is 4.74 Å². The van der Waals surface area contributed by atoms with Gasteiger partial charge >= 0.3 is 0 Å². The average Bonchev–Trinajstić information content (AvgIpc) is 2.61. The number of rotatable bonds is 3. The number of nitrogens with zero attached hydrogens (tertiary/aromatic N) is 2. The Bertz CT molecular complexity index is 1040. The third kappa shape index (κ3) is 2.52. The summed E-state index contributed by atoms with van der Waals surface area (Å²) >= 11 is 0. The zero-order valence-electron chi connectivity index (χ0n) is 13.6. The quantitative estimate of drug-likeness (QED) is 0.587. The number of benzene rings is 2. The van der Waals surface area contributed by atoms with Gasteiger partial charge in [0, 0.05) is 34.4 Å². The minimum atomic E-state index is 0.804. The SMILES string of the molecule is COc1ccc2c(Nc3cccc4cccnc34)cc(C)nc2c1. The molecule has 0 aliphatic rings. The van der Waals surface area contributed by atoms with Gasteiger partial charge in [0.1, 0.15) is 5.75 Å².